The Morgan fingerprint density at radius 2 is 2.55 bits per heavy atom. The van der Waals surface area contributed by atoms with Gasteiger partial charge in [0.25, 0.3) is 0 Å². The van der Waals surface area contributed by atoms with Crippen LogP contribution in [0.15, 0.2) is 0 Å². The number of hydrogen-bond donors (Lipinski definition) is 1. The van der Waals surface area contributed by atoms with Crippen molar-refractivity contribution in [2.24, 2.45) is 0 Å². The van der Waals surface area contributed by atoms with Gasteiger partial charge in [-0.25, -0.2) is 0 Å². The lowest BCUT2D eigenvalue weighted by Gasteiger charge is -2.22. The summed E-state index contributed by atoms with van der Waals surface area (Å²) in [6.45, 7) is 1.71. The number of ether oxygens (including phenoxy) is 1. The topological polar surface area (TPSA) is 46.5 Å². The van der Waals surface area contributed by atoms with Gasteiger partial charge in [-0.2, -0.15) is 0 Å². The fraction of sp³-hybridized carbons (Fsp3) is 0.875. The second-order valence-electron chi connectivity index (χ2n) is 3.09. The van der Waals surface area contributed by atoms with Crippen molar-refractivity contribution in [3.63, 3.8) is 0 Å². The van der Waals surface area contributed by atoms with E-state index in [0.717, 1.165) is 12.8 Å². The molecular formula is C8H14O3. The molecule has 1 rings (SSSR count). The van der Waals surface area contributed by atoms with Crippen LogP contribution < -0.4 is 0 Å². The molecule has 1 fully saturated rings. The largest absolute Gasteiger partial charge is 0.462 e. The van der Waals surface area contributed by atoms with Crippen molar-refractivity contribution in [1.29, 1.82) is 0 Å². The van der Waals surface area contributed by atoms with Gasteiger partial charge in [0, 0.05) is 12.8 Å². The van der Waals surface area contributed by atoms with Gasteiger partial charge in [-0.1, -0.05) is 0 Å². The average molecular weight is 158 g/mol. The number of rotatable bonds is 2. The maximum absolute atomic E-state index is 10.8. The van der Waals surface area contributed by atoms with Crippen LogP contribution >= 0.6 is 0 Å². The monoisotopic (exact) mass is 158 g/mol. The standard InChI is InChI=1S/C8H14O3/c1-6(9)5-7-3-2-4-8(10)11-7/h6-7,9H,2-5H2,1H3/t6-,7+/m1/s1. The van der Waals surface area contributed by atoms with Crippen molar-refractivity contribution >= 4 is 5.97 Å². The van der Waals surface area contributed by atoms with Gasteiger partial charge in [-0.05, 0) is 19.8 Å². The molecule has 0 unspecified atom stereocenters. The van der Waals surface area contributed by atoms with E-state index < -0.39 is 0 Å². The maximum Gasteiger partial charge on any atom is 0.306 e. The highest BCUT2D eigenvalue weighted by Crippen LogP contribution is 2.17. The molecule has 3 heteroatoms. The number of carbonyl (C=O) groups excluding carboxylic acids is 1. The Morgan fingerprint density at radius 1 is 1.82 bits per heavy atom. The molecule has 11 heavy (non-hydrogen) atoms. The van der Waals surface area contributed by atoms with E-state index in [2.05, 4.69) is 0 Å². The molecule has 1 heterocycles. The maximum atomic E-state index is 10.8. The predicted octanol–water partition coefficient (Wildman–Crippen LogP) is 0.853. The van der Waals surface area contributed by atoms with Crippen molar-refractivity contribution in [2.75, 3.05) is 0 Å². The minimum atomic E-state index is -0.370. The van der Waals surface area contributed by atoms with E-state index in [1.807, 2.05) is 0 Å². The highest BCUT2D eigenvalue weighted by Gasteiger charge is 2.21. The third-order valence-electron chi connectivity index (χ3n) is 1.81. The zero-order chi connectivity index (χ0) is 8.27. The molecule has 1 saturated heterocycles. The summed E-state index contributed by atoms with van der Waals surface area (Å²) >= 11 is 0. The highest BCUT2D eigenvalue weighted by atomic mass is 16.5. The third-order valence-corrected chi connectivity index (χ3v) is 1.81. The van der Waals surface area contributed by atoms with Gasteiger partial charge in [0.2, 0.25) is 0 Å². The summed E-state index contributed by atoms with van der Waals surface area (Å²) in [5, 5.41) is 9.00. The SMILES string of the molecule is C[C@@H](O)C[C@@H]1CCCC(=O)O1. The van der Waals surface area contributed by atoms with Crippen LogP contribution in [0.2, 0.25) is 0 Å². The predicted molar refractivity (Wildman–Crippen MR) is 40.0 cm³/mol. The molecule has 3 nitrogen and oxygen atoms in total. The molecule has 0 aromatic heterocycles. The molecule has 1 aliphatic heterocycles. The summed E-state index contributed by atoms with van der Waals surface area (Å²) in [4.78, 5) is 10.8. The van der Waals surface area contributed by atoms with Crippen molar-refractivity contribution in [1.82, 2.24) is 0 Å². The highest BCUT2D eigenvalue weighted by molar-refractivity contribution is 5.70. The lowest BCUT2D eigenvalue weighted by Crippen LogP contribution is -2.26. The van der Waals surface area contributed by atoms with Crippen LogP contribution in [0.25, 0.3) is 0 Å². The minimum absolute atomic E-state index is 0.0451. The van der Waals surface area contributed by atoms with Crippen molar-refractivity contribution < 1.29 is 14.6 Å². The Hall–Kier alpha value is -0.570. The van der Waals surface area contributed by atoms with Crippen molar-refractivity contribution in [2.45, 2.75) is 44.8 Å². The summed E-state index contributed by atoms with van der Waals surface area (Å²) in [5.74, 6) is -0.123. The van der Waals surface area contributed by atoms with Crippen LogP contribution in [0.1, 0.15) is 32.6 Å². The minimum Gasteiger partial charge on any atom is -0.462 e. The molecule has 0 aromatic carbocycles. The van der Waals surface area contributed by atoms with E-state index in [1.54, 1.807) is 6.92 Å². The first-order chi connectivity index (χ1) is 5.18. The van der Waals surface area contributed by atoms with Crippen LogP contribution in [0.3, 0.4) is 0 Å². The van der Waals surface area contributed by atoms with Crippen LogP contribution in [-0.2, 0) is 9.53 Å². The third kappa shape index (κ3) is 2.89. The first-order valence-corrected chi connectivity index (χ1v) is 4.06. The molecule has 0 amide bonds. The van der Waals surface area contributed by atoms with Crippen LogP contribution in [-0.4, -0.2) is 23.3 Å². The summed E-state index contributed by atoms with van der Waals surface area (Å²) in [7, 11) is 0. The molecule has 0 aromatic rings. The molecule has 2 atom stereocenters. The molecule has 0 spiro atoms. The molecule has 0 aliphatic carbocycles. The van der Waals surface area contributed by atoms with Gasteiger partial charge in [0.05, 0.1) is 6.10 Å². The molecule has 0 saturated carbocycles. The smallest absolute Gasteiger partial charge is 0.306 e. The fourth-order valence-corrected chi connectivity index (χ4v) is 1.32. The summed E-state index contributed by atoms with van der Waals surface area (Å²) < 4.78 is 5.00. The van der Waals surface area contributed by atoms with E-state index in [4.69, 9.17) is 9.84 Å². The van der Waals surface area contributed by atoms with Gasteiger partial charge in [-0.3, -0.25) is 4.79 Å². The number of carbonyl (C=O) groups is 1. The van der Waals surface area contributed by atoms with E-state index in [1.165, 1.54) is 0 Å². The van der Waals surface area contributed by atoms with Crippen LogP contribution in [0.5, 0.6) is 0 Å². The van der Waals surface area contributed by atoms with Gasteiger partial charge in [-0.15, -0.1) is 0 Å². The number of aliphatic hydroxyl groups is 1. The molecular weight excluding hydrogens is 144 g/mol. The molecule has 0 radical (unpaired) electrons. The Bertz CT molecular complexity index is 142. The van der Waals surface area contributed by atoms with Crippen LogP contribution in [0, 0.1) is 0 Å². The Balaban J connectivity index is 2.28. The van der Waals surface area contributed by atoms with Gasteiger partial charge >= 0.3 is 5.97 Å². The molecule has 0 bridgehead atoms. The summed E-state index contributed by atoms with van der Waals surface area (Å²) in [6, 6.07) is 0. The van der Waals surface area contributed by atoms with Gasteiger partial charge in [0.15, 0.2) is 0 Å². The van der Waals surface area contributed by atoms with E-state index >= 15 is 0 Å². The summed E-state index contributed by atoms with van der Waals surface area (Å²) in [6.07, 6.45) is 2.50. The quantitative estimate of drug-likeness (QED) is 0.606. The Labute approximate surface area is 66.4 Å². The zero-order valence-electron chi connectivity index (χ0n) is 6.75. The van der Waals surface area contributed by atoms with Gasteiger partial charge < -0.3 is 9.84 Å². The Morgan fingerprint density at radius 3 is 3.09 bits per heavy atom. The zero-order valence-corrected chi connectivity index (χ0v) is 6.75. The summed E-state index contributed by atoms with van der Waals surface area (Å²) in [5.41, 5.74) is 0. The first kappa shape index (κ1) is 8.53. The van der Waals surface area contributed by atoms with Crippen molar-refractivity contribution in [3.8, 4) is 0 Å². The van der Waals surface area contributed by atoms with Crippen LogP contribution in [0.4, 0.5) is 0 Å². The number of hydrogen-bond acceptors (Lipinski definition) is 3. The van der Waals surface area contributed by atoms with E-state index in [9.17, 15) is 4.79 Å². The normalized spacial score (nSPS) is 27.8. The molecule has 1 N–H and O–H groups in total. The second kappa shape index (κ2) is 3.72. The van der Waals surface area contributed by atoms with Crippen molar-refractivity contribution in [3.05, 3.63) is 0 Å². The lowest BCUT2D eigenvalue weighted by atomic mass is 10.0. The first-order valence-electron chi connectivity index (χ1n) is 4.06. The number of cyclic esters (lactones) is 1. The number of esters is 1. The van der Waals surface area contributed by atoms with E-state index in [-0.39, 0.29) is 18.2 Å². The average Bonchev–Trinajstić information content (AvgIpc) is 1.85. The molecule has 64 valence electrons. The second-order valence-corrected chi connectivity index (χ2v) is 3.09. The molecule has 1 aliphatic rings. The lowest BCUT2D eigenvalue weighted by molar-refractivity contribution is -0.155. The van der Waals surface area contributed by atoms with Gasteiger partial charge in [0.1, 0.15) is 6.10 Å². The Kier molecular flexibility index (Phi) is 2.88. The number of aliphatic hydroxyl groups excluding tert-OH is 1. The fourth-order valence-electron chi connectivity index (χ4n) is 1.32. The van der Waals surface area contributed by atoms with E-state index in [0.29, 0.717) is 12.8 Å².